The summed E-state index contributed by atoms with van der Waals surface area (Å²) in [5.74, 6) is -0.144. The van der Waals surface area contributed by atoms with Crippen molar-refractivity contribution in [3.63, 3.8) is 0 Å². The molecule has 4 heterocycles. The molecule has 2 aliphatic heterocycles. The predicted molar refractivity (Wildman–Crippen MR) is 98.1 cm³/mol. The number of H-pyrrole nitrogens is 1. The molecule has 8 nitrogen and oxygen atoms in total. The number of ether oxygens (including phenoxy) is 1. The molecular formula is C18H23N5O3. The zero-order valence-electron chi connectivity index (χ0n) is 15.2. The molecule has 0 radical (unpaired) electrons. The molecule has 1 atom stereocenters. The normalized spacial score (nSPS) is 22.7. The van der Waals surface area contributed by atoms with Crippen molar-refractivity contribution in [3.05, 3.63) is 18.5 Å². The standard InChI is InChI=1S/C18H23N5O3/c1-17(2,3)26-16(25)23-8-4-6-18(10-23)15(24)21-12-9-20-14-11(5-7-19-14)13(12)22-18/h5,7,9,22H,4,6,8,10H2,1-3H3,(H,19,20)(H,21,24). The predicted octanol–water partition coefficient (Wildman–Crippen LogP) is 2.70. The molecule has 1 spiro atoms. The fraction of sp³-hybridized carbons (Fsp3) is 0.500. The lowest BCUT2D eigenvalue weighted by molar-refractivity contribution is -0.122. The minimum absolute atomic E-state index is 0.144. The topological polar surface area (TPSA) is 99.3 Å². The van der Waals surface area contributed by atoms with Crippen LogP contribution in [0.15, 0.2) is 18.5 Å². The maximum Gasteiger partial charge on any atom is 0.410 e. The Hall–Kier alpha value is -2.77. The maximum atomic E-state index is 12.9. The van der Waals surface area contributed by atoms with Crippen molar-refractivity contribution in [1.82, 2.24) is 14.9 Å². The number of hydrogen-bond donors (Lipinski definition) is 3. The molecule has 3 N–H and O–H groups in total. The molecule has 138 valence electrons. The Balaban J connectivity index is 1.64. The summed E-state index contributed by atoms with van der Waals surface area (Å²) >= 11 is 0. The first-order chi connectivity index (χ1) is 12.3. The molecule has 2 aliphatic rings. The monoisotopic (exact) mass is 357 g/mol. The third-order valence-corrected chi connectivity index (χ3v) is 4.78. The lowest BCUT2D eigenvalue weighted by Gasteiger charge is -2.45. The van der Waals surface area contributed by atoms with Crippen molar-refractivity contribution in [2.45, 2.75) is 44.8 Å². The Morgan fingerprint density at radius 2 is 2.19 bits per heavy atom. The summed E-state index contributed by atoms with van der Waals surface area (Å²) in [6, 6.07) is 1.92. The Kier molecular flexibility index (Phi) is 3.61. The number of aromatic nitrogens is 2. The van der Waals surface area contributed by atoms with Crippen molar-refractivity contribution < 1.29 is 14.3 Å². The van der Waals surface area contributed by atoms with Crippen LogP contribution in [0.25, 0.3) is 11.0 Å². The van der Waals surface area contributed by atoms with Gasteiger partial charge >= 0.3 is 6.09 Å². The van der Waals surface area contributed by atoms with Gasteiger partial charge in [-0.25, -0.2) is 9.78 Å². The number of likely N-dealkylation sites (tertiary alicyclic amines) is 1. The number of anilines is 2. The smallest absolute Gasteiger partial charge is 0.410 e. The summed E-state index contributed by atoms with van der Waals surface area (Å²) in [4.78, 5) is 34.4. The number of carbonyl (C=O) groups excluding carboxylic acids is 2. The van der Waals surface area contributed by atoms with E-state index in [4.69, 9.17) is 4.74 Å². The van der Waals surface area contributed by atoms with Crippen LogP contribution in [0.1, 0.15) is 33.6 Å². The molecule has 2 aromatic heterocycles. The van der Waals surface area contributed by atoms with Crippen LogP contribution < -0.4 is 10.6 Å². The lowest BCUT2D eigenvalue weighted by atomic mass is 9.86. The van der Waals surface area contributed by atoms with Gasteiger partial charge in [0, 0.05) is 18.1 Å². The van der Waals surface area contributed by atoms with Crippen LogP contribution in [0.3, 0.4) is 0 Å². The summed E-state index contributed by atoms with van der Waals surface area (Å²) in [6.07, 6.45) is 4.43. The molecule has 1 unspecified atom stereocenters. The van der Waals surface area contributed by atoms with Gasteiger partial charge in [0.2, 0.25) is 0 Å². The van der Waals surface area contributed by atoms with Gasteiger partial charge in [0.1, 0.15) is 16.8 Å². The van der Waals surface area contributed by atoms with Gasteiger partial charge in [-0.15, -0.1) is 0 Å². The van der Waals surface area contributed by atoms with Crippen molar-refractivity contribution in [3.8, 4) is 0 Å². The average molecular weight is 357 g/mol. The molecule has 2 amide bonds. The van der Waals surface area contributed by atoms with Crippen molar-refractivity contribution in [1.29, 1.82) is 0 Å². The first kappa shape index (κ1) is 16.7. The van der Waals surface area contributed by atoms with Crippen LogP contribution in [-0.2, 0) is 9.53 Å². The van der Waals surface area contributed by atoms with Crippen LogP contribution in [0.4, 0.5) is 16.2 Å². The quantitative estimate of drug-likeness (QED) is 0.673. The SMILES string of the molecule is CC(C)(C)OC(=O)N1CCCC2(C1)Nc1c(cnc3[nH]ccc13)NC2=O. The Bertz CT molecular complexity index is 885. The van der Waals surface area contributed by atoms with E-state index < -0.39 is 17.2 Å². The van der Waals surface area contributed by atoms with E-state index in [1.165, 1.54) is 0 Å². The number of aromatic amines is 1. The van der Waals surface area contributed by atoms with Crippen molar-refractivity contribution in [2.75, 3.05) is 23.7 Å². The zero-order chi connectivity index (χ0) is 18.5. The van der Waals surface area contributed by atoms with E-state index in [1.54, 1.807) is 11.1 Å². The number of nitrogens with zero attached hydrogens (tertiary/aromatic N) is 2. The molecule has 2 aromatic rings. The van der Waals surface area contributed by atoms with E-state index in [0.29, 0.717) is 18.7 Å². The van der Waals surface area contributed by atoms with Crippen LogP contribution in [0.5, 0.6) is 0 Å². The first-order valence-corrected chi connectivity index (χ1v) is 8.81. The summed E-state index contributed by atoms with van der Waals surface area (Å²) < 4.78 is 5.49. The molecule has 1 fully saturated rings. The molecule has 0 aliphatic carbocycles. The highest BCUT2D eigenvalue weighted by Crippen LogP contribution is 2.39. The number of nitrogens with one attached hydrogen (secondary N) is 3. The first-order valence-electron chi connectivity index (χ1n) is 8.81. The third kappa shape index (κ3) is 2.75. The lowest BCUT2D eigenvalue weighted by Crippen LogP contribution is -2.62. The molecule has 1 saturated heterocycles. The second-order valence-electron chi connectivity index (χ2n) is 7.95. The van der Waals surface area contributed by atoms with Crippen molar-refractivity contribution >= 4 is 34.4 Å². The van der Waals surface area contributed by atoms with Crippen LogP contribution in [0, 0.1) is 0 Å². The third-order valence-electron chi connectivity index (χ3n) is 4.78. The molecule has 26 heavy (non-hydrogen) atoms. The van der Waals surface area contributed by atoms with Gasteiger partial charge in [-0.05, 0) is 39.7 Å². The summed E-state index contributed by atoms with van der Waals surface area (Å²) in [5.41, 5.74) is 0.805. The fourth-order valence-corrected chi connectivity index (χ4v) is 3.60. The van der Waals surface area contributed by atoms with Gasteiger partial charge in [-0.3, -0.25) is 4.79 Å². The molecule has 0 aromatic carbocycles. The summed E-state index contributed by atoms with van der Waals surface area (Å²) in [7, 11) is 0. The Morgan fingerprint density at radius 3 is 2.96 bits per heavy atom. The minimum atomic E-state index is -0.867. The Morgan fingerprint density at radius 1 is 1.38 bits per heavy atom. The van der Waals surface area contributed by atoms with E-state index in [1.807, 2.05) is 33.0 Å². The highest BCUT2D eigenvalue weighted by molar-refractivity contribution is 6.11. The van der Waals surface area contributed by atoms with Gasteiger partial charge in [0.15, 0.2) is 0 Å². The molecular weight excluding hydrogens is 334 g/mol. The van der Waals surface area contributed by atoms with Crippen LogP contribution in [0.2, 0.25) is 0 Å². The fourth-order valence-electron chi connectivity index (χ4n) is 3.60. The number of hydrogen-bond acceptors (Lipinski definition) is 5. The minimum Gasteiger partial charge on any atom is -0.444 e. The molecule has 0 bridgehead atoms. The van der Waals surface area contributed by atoms with Crippen LogP contribution in [-0.4, -0.2) is 51.1 Å². The zero-order valence-corrected chi connectivity index (χ0v) is 15.2. The van der Waals surface area contributed by atoms with E-state index in [0.717, 1.165) is 23.1 Å². The van der Waals surface area contributed by atoms with Gasteiger partial charge in [0.25, 0.3) is 5.91 Å². The maximum absolute atomic E-state index is 12.9. The second-order valence-corrected chi connectivity index (χ2v) is 7.95. The van der Waals surface area contributed by atoms with Gasteiger partial charge in [-0.1, -0.05) is 0 Å². The van der Waals surface area contributed by atoms with E-state index in [-0.39, 0.29) is 12.5 Å². The molecule has 4 rings (SSSR count). The van der Waals surface area contributed by atoms with E-state index in [2.05, 4.69) is 20.6 Å². The highest BCUT2D eigenvalue weighted by atomic mass is 16.6. The van der Waals surface area contributed by atoms with E-state index in [9.17, 15) is 9.59 Å². The van der Waals surface area contributed by atoms with Crippen molar-refractivity contribution in [2.24, 2.45) is 0 Å². The largest absolute Gasteiger partial charge is 0.444 e. The van der Waals surface area contributed by atoms with Gasteiger partial charge in [-0.2, -0.15) is 0 Å². The number of pyridine rings is 1. The number of amides is 2. The number of fused-ring (bicyclic) bond motifs is 3. The van der Waals surface area contributed by atoms with Gasteiger partial charge in [0.05, 0.1) is 24.1 Å². The Labute approximate surface area is 151 Å². The van der Waals surface area contributed by atoms with Gasteiger partial charge < -0.3 is 25.3 Å². The molecule has 0 saturated carbocycles. The highest BCUT2D eigenvalue weighted by Gasteiger charge is 2.47. The summed E-state index contributed by atoms with van der Waals surface area (Å²) in [6.45, 7) is 6.35. The molecule has 8 heteroatoms. The van der Waals surface area contributed by atoms with E-state index >= 15 is 0 Å². The average Bonchev–Trinajstić information content (AvgIpc) is 3.04. The number of rotatable bonds is 0. The number of carbonyl (C=O) groups is 2. The number of piperidine rings is 1. The second kappa shape index (κ2) is 5.62. The summed E-state index contributed by atoms with van der Waals surface area (Å²) in [5, 5.41) is 7.28. The van der Waals surface area contributed by atoms with Crippen LogP contribution >= 0.6 is 0 Å².